The predicted molar refractivity (Wildman–Crippen MR) is 164 cm³/mol. The number of aliphatic hydroxyl groups is 1. The third-order valence-electron chi connectivity index (χ3n) is 6.12. The van der Waals surface area contributed by atoms with Gasteiger partial charge in [-0.1, -0.05) is 47.1 Å². The minimum atomic E-state index is -4.55. The predicted octanol–water partition coefficient (Wildman–Crippen LogP) is 8.12. The number of aliphatic hydroxyl groups excluding tert-OH is 1. The number of rotatable bonds is 14. The normalized spacial score (nSPS) is 14.1. The number of alkyl halides is 3. The smallest absolute Gasteiger partial charge is 0.396 e. The van der Waals surface area contributed by atoms with Crippen LogP contribution in [0.1, 0.15) is 99.0 Å². The molecule has 1 aromatic carbocycles. The van der Waals surface area contributed by atoms with Crippen LogP contribution in [0.5, 0.6) is 0 Å². The molecule has 0 aromatic heterocycles. The Morgan fingerprint density at radius 3 is 2.20 bits per heavy atom. The molecular formula is C31H56F3N3O3. The van der Waals surface area contributed by atoms with Gasteiger partial charge in [0.25, 0.3) is 0 Å². The molecule has 6 nitrogen and oxygen atoms in total. The van der Waals surface area contributed by atoms with Gasteiger partial charge in [-0.15, -0.1) is 0 Å². The van der Waals surface area contributed by atoms with Gasteiger partial charge in [0.1, 0.15) is 6.23 Å². The quantitative estimate of drug-likeness (QED) is 0.133. The molecule has 1 fully saturated rings. The fourth-order valence-corrected chi connectivity index (χ4v) is 4.05. The fourth-order valence-electron chi connectivity index (χ4n) is 4.05. The molecule has 1 amide bonds. The molecule has 0 saturated carbocycles. The highest BCUT2D eigenvalue weighted by Gasteiger charge is 2.35. The summed E-state index contributed by atoms with van der Waals surface area (Å²) in [5, 5.41) is 11.2. The van der Waals surface area contributed by atoms with E-state index in [1.165, 1.54) is 45.0 Å². The van der Waals surface area contributed by atoms with Crippen LogP contribution in [0.4, 0.5) is 24.5 Å². The minimum absolute atomic E-state index is 0.0776. The number of nitrogens with one attached hydrogen (secondary N) is 1. The molecule has 1 aliphatic rings. The molecule has 1 atom stereocenters. The highest BCUT2D eigenvalue weighted by atomic mass is 19.4. The Bertz CT molecular complexity index is 783. The number of amides is 1. The summed E-state index contributed by atoms with van der Waals surface area (Å²) in [6, 6.07) is 4.64. The van der Waals surface area contributed by atoms with Crippen LogP contribution in [0.25, 0.3) is 5.57 Å². The summed E-state index contributed by atoms with van der Waals surface area (Å²) in [6.07, 6.45) is 3.49. The van der Waals surface area contributed by atoms with E-state index >= 15 is 0 Å². The van der Waals surface area contributed by atoms with E-state index in [1.54, 1.807) is 6.07 Å². The van der Waals surface area contributed by atoms with Crippen molar-refractivity contribution in [1.29, 1.82) is 0 Å². The molecule has 1 saturated heterocycles. The average Bonchev–Trinajstić information content (AvgIpc) is 3.43. The number of nitrogens with zero attached hydrogens (tertiary/aromatic N) is 2. The van der Waals surface area contributed by atoms with Gasteiger partial charge in [0.15, 0.2) is 0 Å². The summed E-state index contributed by atoms with van der Waals surface area (Å²) < 4.78 is 46.6. The largest absolute Gasteiger partial charge is 0.416 e. The van der Waals surface area contributed by atoms with Crippen LogP contribution in [0.2, 0.25) is 0 Å². The molecule has 1 aromatic rings. The van der Waals surface area contributed by atoms with Gasteiger partial charge in [0.2, 0.25) is 6.41 Å². The van der Waals surface area contributed by atoms with Crippen molar-refractivity contribution in [3.63, 3.8) is 0 Å². The highest BCUT2D eigenvalue weighted by Crippen LogP contribution is 2.39. The van der Waals surface area contributed by atoms with Crippen LogP contribution in [0, 0.1) is 0 Å². The lowest BCUT2D eigenvalue weighted by Crippen LogP contribution is -2.36. The number of carbonyl (C=O) groups excluding carboxylic acids is 1. The number of benzene rings is 1. The maximum absolute atomic E-state index is 13.5. The van der Waals surface area contributed by atoms with Crippen LogP contribution in [0.15, 0.2) is 24.3 Å². The lowest BCUT2D eigenvalue weighted by atomic mass is 10.0. The average molecular weight is 576 g/mol. The fraction of sp³-hybridized carbons (Fsp3) is 0.710. The molecule has 1 aliphatic heterocycles. The van der Waals surface area contributed by atoms with Gasteiger partial charge in [0.05, 0.1) is 5.57 Å². The topological polar surface area (TPSA) is 65.0 Å². The Morgan fingerprint density at radius 2 is 1.75 bits per heavy atom. The number of carbonyl (C=O) groups is 1. The third kappa shape index (κ3) is 16.2. The summed E-state index contributed by atoms with van der Waals surface area (Å²) in [7, 11) is 2.17. The van der Waals surface area contributed by atoms with E-state index in [0.29, 0.717) is 25.2 Å². The lowest BCUT2D eigenvalue weighted by molar-refractivity contribution is -0.105. The molecule has 0 bridgehead atoms. The zero-order valence-electron chi connectivity index (χ0n) is 26.2. The number of hydrogen-bond acceptors (Lipinski definition) is 5. The van der Waals surface area contributed by atoms with Crippen LogP contribution >= 0.6 is 0 Å². The van der Waals surface area contributed by atoms with E-state index in [4.69, 9.17) is 9.84 Å². The van der Waals surface area contributed by atoms with Crippen molar-refractivity contribution in [3.8, 4) is 0 Å². The minimum Gasteiger partial charge on any atom is -0.396 e. The van der Waals surface area contributed by atoms with Crippen molar-refractivity contribution in [2.75, 3.05) is 50.1 Å². The molecule has 40 heavy (non-hydrogen) atoms. The molecule has 2 N–H and O–H groups in total. The first-order chi connectivity index (χ1) is 19.2. The Morgan fingerprint density at radius 1 is 1.12 bits per heavy atom. The van der Waals surface area contributed by atoms with E-state index in [-0.39, 0.29) is 24.1 Å². The van der Waals surface area contributed by atoms with Crippen LogP contribution in [0.3, 0.4) is 0 Å². The van der Waals surface area contributed by atoms with E-state index in [0.717, 1.165) is 38.2 Å². The summed E-state index contributed by atoms with van der Waals surface area (Å²) in [5.41, 5.74) is -0.179. The van der Waals surface area contributed by atoms with Crippen molar-refractivity contribution >= 4 is 23.4 Å². The summed E-state index contributed by atoms with van der Waals surface area (Å²) in [4.78, 5) is 15.2. The zero-order valence-corrected chi connectivity index (χ0v) is 26.2. The zero-order chi connectivity index (χ0) is 31.0. The Labute approximate surface area is 242 Å². The number of allylic oxidation sites excluding steroid dienone is 2. The van der Waals surface area contributed by atoms with E-state index < -0.39 is 11.7 Å². The Kier molecular flexibility index (Phi) is 24.7. The second kappa shape index (κ2) is 24.7. The third-order valence-corrected chi connectivity index (χ3v) is 6.12. The maximum atomic E-state index is 13.5. The van der Waals surface area contributed by atoms with Gasteiger partial charge >= 0.3 is 6.18 Å². The van der Waals surface area contributed by atoms with Gasteiger partial charge in [-0.05, 0) is 90.7 Å². The molecule has 0 spiro atoms. The number of anilines is 2. The monoisotopic (exact) mass is 575 g/mol. The molecular weight excluding hydrogens is 519 g/mol. The van der Waals surface area contributed by atoms with Crippen molar-refractivity contribution < 1.29 is 27.8 Å². The van der Waals surface area contributed by atoms with Crippen LogP contribution in [-0.4, -0.2) is 68.7 Å². The SMILES string of the molecule is C/C=C(\c1cc(N(CCCC)C(C)OCCCCCO)ccc1NC=O)C(F)(F)F.CC.CC.CN1CCCC1. The van der Waals surface area contributed by atoms with Gasteiger partial charge in [0, 0.05) is 36.7 Å². The van der Waals surface area contributed by atoms with Crippen molar-refractivity contribution in [2.24, 2.45) is 0 Å². The first-order valence-corrected chi connectivity index (χ1v) is 14.9. The second-order valence-corrected chi connectivity index (χ2v) is 9.00. The summed E-state index contributed by atoms with van der Waals surface area (Å²) >= 11 is 0. The highest BCUT2D eigenvalue weighted by molar-refractivity contribution is 5.86. The summed E-state index contributed by atoms with van der Waals surface area (Å²) in [6.45, 7) is 17.2. The second-order valence-electron chi connectivity index (χ2n) is 9.00. The van der Waals surface area contributed by atoms with Crippen molar-refractivity contribution in [1.82, 2.24) is 4.90 Å². The van der Waals surface area contributed by atoms with Crippen LogP contribution < -0.4 is 10.2 Å². The number of hydrogen-bond donors (Lipinski definition) is 2. The maximum Gasteiger partial charge on any atom is 0.416 e. The van der Waals surface area contributed by atoms with E-state index in [2.05, 4.69) is 17.3 Å². The van der Waals surface area contributed by atoms with E-state index in [9.17, 15) is 18.0 Å². The van der Waals surface area contributed by atoms with Crippen molar-refractivity contribution in [3.05, 3.63) is 29.8 Å². The molecule has 9 heteroatoms. The van der Waals surface area contributed by atoms with E-state index in [1.807, 2.05) is 46.4 Å². The number of halogens is 3. The molecule has 2 rings (SSSR count). The molecule has 1 unspecified atom stereocenters. The molecule has 1 heterocycles. The lowest BCUT2D eigenvalue weighted by Gasteiger charge is -2.32. The summed E-state index contributed by atoms with van der Waals surface area (Å²) in [5.74, 6) is 0. The van der Waals surface area contributed by atoms with Gasteiger partial charge in [-0.2, -0.15) is 13.2 Å². The van der Waals surface area contributed by atoms with Gasteiger partial charge < -0.3 is 25.0 Å². The first-order valence-electron chi connectivity index (χ1n) is 14.9. The molecule has 0 radical (unpaired) electrons. The first kappa shape index (κ1) is 40.0. The van der Waals surface area contributed by atoms with Gasteiger partial charge in [-0.3, -0.25) is 4.79 Å². The standard InChI is InChI=1S/C22H33F3N2O3.C5H11N.2C2H6/c1-4-6-12-27(17(3)30-14-9-7-8-13-28)18-10-11-21(26-16-29)19(15-18)20(5-2)22(23,24)25;1-6-4-2-3-5-6;2*1-2/h5,10-11,15-17,28H,4,6-9,12-14H2,1-3H3,(H,26,29);2-5H2,1H3;2*1-2H3/b20-5+;;;. The molecule has 0 aliphatic carbocycles. The van der Waals surface area contributed by atoms with Crippen molar-refractivity contribution in [2.45, 2.75) is 106 Å². The Hall–Kier alpha value is -2.10. The number of ether oxygens (including phenoxy) is 1. The number of likely N-dealkylation sites (tertiary alicyclic amines) is 1. The van der Waals surface area contributed by atoms with Crippen LogP contribution in [-0.2, 0) is 9.53 Å². The number of unbranched alkanes of at least 4 members (excludes halogenated alkanes) is 3. The Balaban J connectivity index is 0. The van der Waals surface area contributed by atoms with Gasteiger partial charge in [-0.25, -0.2) is 0 Å². The molecule has 234 valence electrons.